The molecule has 0 bridgehead atoms. The molecule has 0 aromatic rings. The molecule has 3 heterocycles. The fourth-order valence-corrected chi connectivity index (χ4v) is 4.64. The summed E-state index contributed by atoms with van der Waals surface area (Å²) in [6.45, 7) is 15.7. The molecule has 1 N–H and O–H groups in total. The smallest absolute Gasteiger partial charge is 0.352 e. The van der Waals surface area contributed by atoms with Crippen LogP contribution in [0.25, 0.3) is 0 Å². The van der Waals surface area contributed by atoms with E-state index < -0.39 is 5.97 Å². The number of carboxylic acid groups (broad SMARTS) is 1. The molecule has 2 fully saturated rings. The number of carboxylic acids is 1. The van der Waals surface area contributed by atoms with Gasteiger partial charge < -0.3 is 24.5 Å². The maximum atomic E-state index is 11.6. The van der Waals surface area contributed by atoms with Crippen molar-refractivity contribution >= 4 is 5.97 Å². The highest BCUT2D eigenvalue weighted by Crippen LogP contribution is 2.29. The lowest BCUT2D eigenvalue weighted by Crippen LogP contribution is -2.48. The van der Waals surface area contributed by atoms with E-state index in [0.717, 1.165) is 51.9 Å². The summed E-state index contributed by atoms with van der Waals surface area (Å²) < 4.78 is 6.45. The third-order valence-corrected chi connectivity index (χ3v) is 6.51. The molecule has 164 valence electrons. The van der Waals surface area contributed by atoms with E-state index in [2.05, 4.69) is 44.4 Å². The SMILES string of the molecule is CC(C)N1CCC(OC2CCN(C3=CC=C(C(=O)O)N(C(C)(C)C)C3)CC2)CC1. The van der Waals surface area contributed by atoms with Crippen LogP contribution in [0.4, 0.5) is 0 Å². The number of allylic oxidation sites excluding steroid dienone is 2. The fraction of sp³-hybridized carbons (Fsp3) is 0.783. The van der Waals surface area contributed by atoms with E-state index in [1.54, 1.807) is 6.08 Å². The molecule has 0 saturated carbocycles. The quantitative estimate of drug-likeness (QED) is 0.757. The lowest BCUT2D eigenvalue weighted by molar-refractivity contribution is -0.135. The third-order valence-electron chi connectivity index (χ3n) is 6.51. The summed E-state index contributed by atoms with van der Waals surface area (Å²) in [6.07, 6.45) is 8.91. The molecule has 0 unspecified atom stereocenters. The molecule has 0 atom stereocenters. The first-order valence-corrected chi connectivity index (χ1v) is 11.2. The standard InChI is InChI=1S/C23H39N3O3/c1-17(2)24-12-8-19(9-13-24)29-20-10-14-25(15-11-20)18-6-7-21(22(27)28)26(16-18)23(3,4)5/h6-7,17,19-20H,8-16H2,1-5H3,(H,27,28). The number of aliphatic carboxylic acids is 1. The summed E-state index contributed by atoms with van der Waals surface area (Å²) in [5.41, 5.74) is 1.37. The topological polar surface area (TPSA) is 56.3 Å². The van der Waals surface area contributed by atoms with E-state index in [1.807, 2.05) is 11.0 Å². The van der Waals surface area contributed by atoms with E-state index in [0.29, 0.717) is 30.5 Å². The van der Waals surface area contributed by atoms with Crippen LogP contribution in [0.3, 0.4) is 0 Å². The van der Waals surface area contributed by atoms with Crippen molar-refractivity contribution in [3.63, 3.8) is 0 Å². The van der Waals surface area contributed by atoms with Crippen molar-refractivity contribution in [2.45, 2.75) is 84.1 Å². The van der Waals surface area contributed by atoms with Crippen molar-refractivity contribution in [3.05, 3.63) is 23.5 Å². The number of piperidine rings is 2. The molecule has 0 radical (unpaired) electrons. The van der Waals surface area contributed by atoms with E-state index in [4.69, 9.17) is 4.74 Å². The number of carbonyl (C=O) groups is 1. The molecule has 0 aromatic heterocycles. The van der Waals surface area contributed by atoms with Gasteiger partial charge in [0.05, 0.1) is 18.8 Å². The lowest BCUT2D eigenvalue weighted by atomic mass is 10.00. The zero-order chi connectivity index (χ0) is 21.2. The van der Waals surface area contributed by atoms with Crippen molar-refractivity contribution in [1.82, 2.24) is 14.7 Å². The highest BCUT2D eigenvalue weighted by atomic mass is 16.5. The van der Waals surface area contributed by atoms with Gasteiger partial charge in [-0.2, -0.15) is 0 Å². The Kier molecular flexibility index (Phi) is 6.94. The number of hydrogen-bond donors (Lipinski definition) is 1. The average molecular weight is 406 g/mol. The van der Waals surface area contributed by atoms with Gasteiger partial charge in [-0.1, -0.05) is 0 Å². The Labute approximate surface area is 176 Å². The van der Waals surface area contributed by atoms with Crippen LogP contribution in [0.15, 0.2) is 23.5 Å². The number of ether oxygens (including phenoxy) is 1. The van der Waals surface area contributed by atoms with Gasteiger partial charge in [0.1, 0.15) is 5.70 Å². The van der Waals surface area contributed by atoms with Crippen molar-refractivity contribution in [2.75, 3.05) is 32.7 Å². The zero-order valence-electron chi connectivity index (χ0n) is 18.9. The Morgan fingerprint density at radius 3 is 2.07 bits per heavy atom. The van der Waals surface area contributed by atoms with E-state index >= 15 is 0 Å². The number of likely N-dealkylation sites (tertiary alicyclic amines) is 2. The molecule has 3 aliphatic rings. The van der Waals surface area contributed by atoms with Crippen molar-refractivity contribution < 1.29 is 14.6 Å². The second kappa shape index (κ2) is 9.09. The normalized spacial score (nSPS) is 23.4. The van der Waals surface area contributed by atoms with Crippen LogP contribution in [-0.2, 0) is 9.53 Å². The van der Waals surface area contributed by atoms with Gasteiger partial charge in [-0.05, 0) is 72.5 Å². The van der Waals surface area contributed by atoms with Gasteiger partial charge in [0.15, 0.2) is 0 Å². The van der Waals surface area contributed by atoms with E-state index in [9.17, 15) is 9.90 Å². The predicted molar refractivity (Wildman–Crippen MR) is 116 cm³/mol. The molecular formula is C23H39N3O3. The largest absolute Gasteiger partial charge is 0.477 e. The van der Waals surface area contributed by atoms with Crippen LogP contribution in [0.2, 0.25) is 0 Å². The van der Waals surface area contributed by atoms with Crippen molar-refractivity contribution in [2.24, 2.45) is 0 Å². The summed E-state index contributed by atoms with van der Waals surface area (Å²) in [6, 6.07) is 0.631. The maximum absolute atomic E-state index is 11.6. The molecule has 0 aromatic carbocycles. The average Bonchev–Trinajstić information content (AvgIpc) is 2.68. The van der Waals surface area contributed by atoms with Crippen molar-refractivity contribution in [1.29, 1.82) is 0 Å². The minimum absolute atomic E-state index is 0.226. The maximum Gasteiger partial charge on any atom is 0.352 e. The molecule has 0 spiro atoms. The van der Waals surface area contributed by atoms with Crippen LogP contribution >= 0.6 is 0 Å². The second-order valence-corrected chi connectivity index (χ2v) is 9.92. The van der Waals surface area contributed by atoms with Crippen molar-refractivity contribution in [3.8, 4) is 0 Å². The Morgan fingerprint density at radius 2 is 1.59 bits per heavy atom. The molecule has 0 aliphatic carbocycles. The molecule has 3 aliphatic heterocycles. The summed E-state index contributed by atoms with van der Waals surface area (Å²) >= 11 is 0. The van der Waals surface area contributed by atoms with Crippen LogP contribution < -0.4 is 0 Å². The summed E-state index contributed by atoms with van der Waals surface area (Å²) in [5.74, 6) is -0.856. The number of rotatable bonds is 5. The van der Waals surface area contributed by atoms with Gasteiger partial charge >= 0.3 is 5.97 Å². The molecule has 2 saturated heterocycles. The second-order valence-electron chi connectivity index (χ2n) is 9.92. The summed E-state index contributed by atoms with van der Waals surface area (Å²) in [5, 5.41) is 9.53. The monoisotopic (exact) mass is 405 g/mol. The number of nitrogens with zero attached hydrogens (tertiary/aromatic N) is 3. The van der Waals surface area contributed by atoms with Gasteiger partial charge in [0.2, 0.25) is 0 Å². The molecular weight excluding hydrogens is 366 g/mol. The summed E-state index contributed by atoms with van der Waals surface area (Å²) in [4.78, 5) is 18.6. The van der Waals surface area contributed by atoms with Crippen LogP contribution in [0, 0.1) is 0 Å². The Hall–Kier alpha value is -1.53. The molecule has 6 heteroatoms. The van der Waals surface area contributed by atoms with Gasteiger partial charge in [0, 0.05) is 43.5 Å². The molecule has 29 heavy (non-hydrogen) atoms. The lowest BCUT2D eigenvalue weighted by Gasteiger charge is -2.44. The molecule has 0 amide bonds. The number of hydrogen-bond acceptors (Lipinski definition) is 5. The minimum Gasteiger partial charge on any atom is -0.477 e. The third kappa shape index (κ3) is 5.54. The highest BCUT2D eigenvalue weighted by Gasteiger charge is 2.33. The van der Waals surface area contributed by atoms with E-state index in [1.165, 1.54) is 5.70 Å². The van der Waals surface area contributed by atoms with Gasteiger partial charge in [0.25, 0.3) is 0 Å². The van der Waals surface area contributed by atoms with Gasteiger partial charge in [-0.15, -0.1) is 0 Å². The summed E-state index contributed by atoms with van der Waals surface area (Å²) in [7, 11) is 0. The first kappa shape index (κ1) is 22.2. The molecule has 6 nitrogen and oxygen atoms in total. The van der Waals surface area contributed by atoms with E-state index in [-0.39, 0.29) is 5.54 Å². The Bertz CT molecular complexity index is 634. The first-order chi connectivity index (χ1) is 13.6. The minimum atomic E-state index is -0.856. The van der Waals surface area contributed by atoms with Crippen LogP contribution in [-0.4, -0.2) is 82.3 Å². The fourth-order valence-electron chi connectivity index (χ4n) is 4.64. The first-order valence-electron chi connectivity index (χ1n) is 11.2. The van der Waals surface area contributed by atoms with Gasteiger partial charge in [-0.25, -0.2) is 4.79 Å². The van der Waals surface area contributed by atoms with Gasteiger partial charge in [-0.3, -0.25) is 0 Å². The zero-order valence-corrected chi connectivity index (χ0v) is 18.9. The highest BCUT2D eigenvalue weighted by molar-refractivity contribution is 5.86. The Morgan fingerprint density at radius 1 is 1.03 bits per heavy atom. The van der Waals surface area contributed by atoms with Crippen LogP contribution in [0.5, 0.6) is 0 Å². The molecule has 3 rings (SSSR count). The van der Waals surface area contributed by atoms with Crippen LogP contribution in [0.1, 0.15) is 60.3 Å². The Balaban J connectivity index is 1.51. The predicted octanol–water partition coefficient (Wildman–Crippen LogP) is 3.31.